The van der Waals surface area contributed by atoms with E-state index in [1.165, 1.54) is 12.1 Å². The van der Waals surface area contributed by atoms with Crippen LogP contribution in [0.15, 0.2) is 12.1 Å². The van der Waals surface area contributed by atoms with Crippen LogP contribution < -0.4 is 16.8 Å². The van der Waals surface area contributed by atoms with Crippen molar-refractivity contribution in [1.29, 1.82) is 0 Å². The van der Waals surface area contributed by atoms with Gasteiger partial charge >= 0.3 is 5.69 Å². The minimum atomic E-state index is -0.572. The van der Waals surface area contributed by atoms with Gasteiger partial charge in [-0.25, -0.2) is 4.98 Å². The van der Waals surface area contributed by atoms with Crippen LogP contribution in [0.1, 0.15) is 6.92 Å². The van der Waals surface area contributed by atoms with Gasteiger partial charge in [-0.3, -0.25) is 10.1 Å². The number of nitro groups is 1. The first-order valence-corrected chi connectivity index (χ1v) is 4.41. The van der Waals surface area contributed by atoms with E-state index in [1.807, 2.05) is 6.92 Å². The predicted molar refractivity (Wildman–Crippen MR) is 57.4 cm³/mol. The number of nitrogens with one attached hydrogen (secondary N) is 1. The number of rotatable bonds is 4. The van der Waals surface area contributed by atoms with Gasteiger partial charge in [0.15, 0.2) is 0 Å². The van der Waals surface area contributed by atoms with Crippen LogP contribution in [0, 0.1) is 10.1 Å². The summed E-state index contributed by atoms with van der Waals surface area (Å²) in [6.07, 6.45) is 0. The minimum absolute atomic E-state index is 0.0248. The molecule has 15 heavy (non-hydrogen) atoms. The number of aromatic nitrogens is 1. The number of nitrogens with zero attached hydrogens (tertiary/aromatic N) is 2. The molecule has 0 spiro atoms. The van der Waals surface area contributed by atoms with Gasteiger partial charge in [0.2, 0.25) is 5.82 Å². The fraction of sp³-hybridized carbons (Fsp3) is 0.375. The van der Waals surface area contributed by atoms with Gasteiger partial charge in [0.1, 0.15) is 5.82 Å². The Morgan fingerprint density at radius 2 is 2.33 bits per heavy atom. The van der Waals surface area contributed by atoms with Crippen molar-refractivity contribution in [3.05, 3.63) is 22.2 Å². The zero-order valence-corrected chi connectivity index (χ0v) is 8.30. The van der Waals surface area contributed by atoms with E-state index in [-0.39, 0.29) is 17.5 Å². The second-order valence-electron chi connectivity index (χ2n) is 3.22. The van der Waals surface area contributed by atoms with E-state index in [0.717, 1.165) is 0 Å². The van der Waals surface area contributed by atoms with Gasteiger partial charge in [-0.1, -0.05) is 0 Å². The van der Waals surface area contributed by atoms with E-state index in [2.05, 4.69) is 10.3 Å². The normalized spacial score (nSPS) is 12.1. The molecule has 0 saturated heterocycles. The standard InChI is InChI=1S/C8H13N5O2/c1-5(9)4-11-7-3-2-6(13(14)15)8(10)12-7/h2-3,5H,4,9H2,1H3,(H3,10,11,12). The molecule has 0 aliphatic carbocycles. The van der Waals surface area contributed by atoms with Crippen LogP contribution in [0.4, 0.5) is 17.3 Å². The maximum absolute atomic E-state index is 10.4. The Morgan fingerprint density at radius 3 is 2.80 bits per heavy atom. The first-order chi connectivity index (χ1) is 7.00. The highest BCUT2D eigenvalue weighted by Crippen LogP contribution is 2.20. The molecule has 1 heterocycles. The zero-order chi connectivity index (χ0) is 11.4. The van der Waals surface area contributed by atoms with Crippen LogP contribution in [-0.4, -0.2) is 22.5 Å². The van der Waals surface area contributed by atoms with Crippen molar-refractivity contribution in [1.82, 2.24) is 4.98 Å². The molecular weight excluding hydrogens is 198 g/mol. The maximum Gasteiger partial charge on any atom is 0.311 e. The van der Waals surface area contributed by atoms with E-state index in [9.17, 15) is 10.1 Å². The number of nitrogens with two attached hydrogens (primary N) is 2. The number of hydrogen-bond donors (Lipinski definition) is 3. The molecule has 0 aromatic carbocycles. The third kappa shape index (κ3) is 3.06. The van der Waals surface area contributed by atoms with Crippen LogP contribution in [0.5, 0.6) is 0 Å². The van der Waals surface area contributed by atoms with Crippen molar-refractivity contribution >= 4 is 17.3 Å². The molecule has 1 aromatic heterocycles. The van der Waals surface area contributed by atoms with Gasteiger partial charge < -0.3 is 16.8 Å². The van der Waals surface area contributed by atoms with Gasteiger partial charge in [0.25, 0.3) is 0 Å². The Balaban J connectivity index is 2.78. The monoisotopic (exact) mass is 211 g/mol. The first kappa shape index (κ1) is 11.2. The van der Waals surface area contributed by atoms with Gasteiger partial charge in [0, 0.05) is 18.7 Å². The number of nitrogen functional groups attached to an aromatic ring is 1. The Labute approximate surface area is 86.6 Å². The lowest BCUT2D eigenvalue weighted by atomic mass is 10.3. The molecule has 5 N–H and O–H groups in total. The summed E-state index contributed by atoms with van der Waals surface area (Å²) in [5, 5.41) is 13.4. The van der Waals surface area contributed by atoms with Crippen LogP contribution in [0.2, 0.25) is 0 Å². The predicted octanol–water partition coefficient (Wildman–Crippen LogP) is 0.331. The largest absolute Gasteiger partial charge is 0.378 e. The average molecular weight is 211 g/mol. The van der Waals surface area contributed by atoms with Crippen molar-refractivity contribution in [2.75, 3.05) is 17.6 Å². The first-order valence-electron chi connectivity index (χ1n) is 4.41. The summed E-state index contributed by atoms with van der Waals surface area (Å²) >= 11 is 0. The third-order valence-electron chi connectivity index (χ3n) is 1.70. The van der Waals surface area contributed by atoms with Crippen LogP contribution in [0.3, 0.4) is 0 Å². The molecule has 1 rings (SSSR count). The Morgan fingerprint density at radius 1 is 1.67 bits per heavy atom. The second kappa shape index (κ2) is 4.56. The van der Waals surface area contributed by atoms with Gasteiger partial charge in [-0.2, -0.15) is 0 Å². The van der Waals surface area contributed by atoms with Crippen molar-refractivity contribution < 1.29 is 4.92 Å². The zero-order valence-electron chi connectivity index (χ0n) is 8.30. The van der Waals surface area contributed by atoms with Gasteiger partial charge in [-0.15, -0.1) is 0 Å². The summed E-state index contributed by atoms with van der Waals surface area (Å²) in [6.45, 7) is 2.37. The molecule has 1 unspecified atom stereocenters. The second-order valence-corrected chi connectivity index (χ2v) is 3.22. The molecule has 0 radical (unpaired) electrons. The lowest BCUT2D eigenvalue weighted by Gasteiger charge is -2.08. The number of pyridine rings is 1. The molecule has 0 fully saturated rings. The molecular formula is C8H13N5O2. The van der Waals surface area contributed by atoms with E-state index in [4.69, 9.17) is 11.5 Å². The third-order valence-corrected chi connectivity index (χ3v) is 1.70. The Bertz CT molecular complexity index is 366. The number of anilines is 2. The van der Waals surface area contributed by atoms with E-state index < -0.39 is 4.92 Å². The van der Waals surface area contributed by atoms with Crippen LogP contribution in [-0.2, 0) is 0 Å². The van der Waals surface area contributed by atoms with E-state index in [1.54, 1.807) is 0 Å². The minimum Gasteiger partial charge on any atom is -0.378 e. The van der Waals surface area contributed by atoms with E-state index >= 15 is 0 Å². The van der Waals surface area contributed by atoms with Gasteiger partial charge in [0.05, 0.1) is 4.92 Å². The van der Waals surface area contributed by atoms with Crippen molar-refractivity contribution in [2.45, 2.75) is 13.0 Å². The lowest BCUT2D eigenvalue weighted by Crippen LogP contribution is -2.25. The molecule has 0 aliphatic rings. The molecule has 7 nitrogen and oxygen atoms in total. The molecule has 0 aliphatic heterocycles. The fourth-order valence-electron chi connectivity index (χ4n) is 0.986. The number of hydrogen-bond acceptors (Lipinski definition) is 6. The summed E-state index contributed by atoms with van der Waals surface area (Å²) in [7, 11) is 0. The summed E-state index contributed by atoms with van der Waals surface area (Å²) < 4.78 is 0. The van der Waals surface area contributed by atoms with E-state index in [0.29, 0.717) is 12.4 Å². The molecule has 0 bridgehead atoms. The molecule has 1 aromatic rings. The van der Waals surface area contributed by atoms with Crippen LogP contribution in [0.25, 0.3) is 0 Å². The van der Waals surface area contributed by atoms with Crippen molar-refractivity contribution in [3.63, 3.8) is 0 Å². The average Bonchev–Trinajstić information content (AvgIpc) is 2.14. The topological polar surface area (TPSA) is 120 Å². The summed E-state index contributed by atoms with van der Waals surface area (Å²) in [5.74, 6) is 0.380. The SMILES string of the molecule is CC(N)CNc1ccc([N+](=O)[O-])c(N)n1. The molecule has 0 amide bonds. The highest BCUT2D eigenvalue weighted by molar-refractivity contribution is 5.57. The quantitative estimate of drug-likeness (QED) is 0.487. The maximum atomic E-state index is 10.4. The Kier molecular flexibility index (Phi) is 3.40. The highest BCUT2D eigenvalue weighted by Gasteiger charge is 2.12. The Hall–Kier alpha value is -1.89. The fourth-order valence-corrected chi connectivity index (χ4v) is 0.986. The summed E-state index contributed by atoms with van der Waals surface area (Å²) in [4.78, 5) is 13.7. The highest BCUT2D eigenvalue weighted by atomic mass is 16.6. The van der Waals surface area contributed by atoms with Crippen LogP contribution >= 0.6 is 0 Å². The lowest BCUT2D eigenvalue weighted by molar-refractivity contribution is -0.384. The summed E-state index contributed by atoms with van der Waals surface area (Å²) in [5.41, 5.74) is 10.7. The molecule has 1 atom stereocenters. The summed E-state index contributed by atoms with van der Waals surface area (Å²) in [6, 6.07) is 2.78. The van der Waals surface area contributed by atoms with Crippen molar-refractivity contribution in [3.8, 4) is 0 Å². The van der Waals surface area contributed by atoms with Crippen molar-refractivity contribution in [2.24, 2.45) is 5.73 Å². The molecule has 7 heteroatoms. The smallest absolute Gasteiger partial charge is 0.311 e. The molecule has 82 valence electrons. The molecule has 0 saturated carbocycles. The van der Waals surface area contributed by atoms with Gasteiger partial charge in [-0.05, 0) is 13.0 Å².